The van der Waals surface area contributed by atoms with Crippen LogP contribution in [0.15, 0.2) is 32.3 Å². The summed E-state index contributed by atoms with van der Waals surface area (Å²) >= 11 is 5.00. The van der Waals surface area contributed by atoms with Crippen molar-refractivity contribution in [2.45, 2.75) is 30.9 Å². The number of oxime groups is 1. The molecule has 3 aliphatic rings. The van der Waals surface area contributed by atoms with Gasteiger partial charge >= 0.3 is 11.9 Å². The number of halogens is 1. The number of amides is 4. The molecule has 2 atom stereocenters. The van der Waals surface area contributed by atoms with E-state index in [9.17, 15) is 49.2 Å². The van der Waals surface area contributed by atoms with Crippen LogP contribution < -0.4 is 11.1 Å². The van der Waals surface area contributed by atoms with Gasteiger partial charge in [-0.3, -0.25) is 29.0 Å². The van der Waals surface area contributed by atoms with Gasteiger partial charge in [-0.05, 0) is 41.4 Å². The zero-order valence-corrected chi connectivity index (χ0v) is 26.1. The summed E-state index contributed by atoms with van der Waals surface area (Å²) in [5.41, 5.74) is 2.17. The molecule has 3 aliphatic heterocycles. The monoisotopic (exact) mass is 724 g/mol. The van der Waals surface area contributed by atoms with Crippen LogP contribution in [-0.2, 0) is 24.0 Å². The molecule has 0 aliphatic carbocycles. The summed E-state index contributed by atoms with van der Waals surface area (Å²) < 4.78 is -0.0360. The maximum Gasteiger partial charge on any atom is 0.352 e. The minimum atomic E-state index is -1.83. The summed E-state index contributed by atoms with van der Waals surface area (Å²) in [6, 6.07) is -0.0936. The number of nitrogens with zero attached hydrogens (tertiary/aromatic N) is 4. The number of nitrogen functional groups attached to an aromatic ring is 1. The Hall–Kier alpha value is -4.69. The number of β-lactam (4-membered cyclic amide) rings is 1. The highest BCUT2D eigenvalue weighted by molar-refractivity contribution is 9.10. The summed E-state index contributed by atoms with van der Waals surface area (Å²) in [4.78, 5) is 86.9. The Morgan fingerprint density at radius 3 is 2.49 bits per heavy atom. The molecule has 1 fully saturated rings. The van der Waals surface area contributed by atoms with Crippen LogP contribution in [0.4, 0.5) is 5.13 Å². The zero-order chi connectivity index (χ0) is 33.1. The number of imide groups is 1. The largest absolute Gasteiger partial charge is 0.504 e. The highest BCUT2D eigenvalue weighted by Gasteiger charge is 2.55. The number of rotatable bonds is 9. The van der Waals surface area contributed by atoms with Gasteiger partial charge in [0, 0.05) is 11.1 Å². The van der Waals surface area contributed by atoms with E-state index in [2.05, 4.69) is 31.4 Å². The van der Waals surface area contributed by atoms with Crippen LogP contribution in [0.3, 0.4) is 0 Å². The number of hydrogen-bond donors (Lipinski definition) is 6. The first-order valence-corrected chi connectivity index (χ1v) is 15.3. The normalized spacial score (nSPS) is 19.7. The number of hydrogen-bond acceptors (Lipinski definition) is 14. The topological polar surface area (TPSA) is 262 Å². The second-order valence-corrected chi connectivity index (χ2v) is 13.1. The van der Waals surface area contributed by atoms with Crippen molar-refractivity contribution < 1.29 is 54.0 Å². The number of benzene rings is 1. The number of carbonyl (C=O) groups excluding carboxylic acids is 4. The molecule has 0 bridgehead atoms. The molecule has 2 aromatic rings. The maximum atomic E-state index is 13.3. The van der Waals surface area contributed by atoms with Gasteiger partial charge in [0.25, 0.3) is 23.6 Å². The lowest BCUT2D eigenvalue weighted by molar-refractivity contribution is -0.161. The second-order valence-electron chi connectivity index (χ2n) is 10.2. The summed E-state index contributed by atoms with van der Waals surface area (Å²) in [7, 11) is 0. The molecular formula is C25H21BrN6O11S2. The lowest BCUT2D eigenvalue weighted by atomic mass is 10.0. The lowest BCUT2D eigenvalue weighted by Gasteiger charge is -2.49. The van der Waals surface area contributed by atoms with Crippen LogP contribution in [0.25, 0.3) is 0 Å². The number of phenolic OH excluding ortho intramolecular Hbond substituents is 2. The van der Waals surface area contributed by atoms with Crippen molar-refractivity contribution in [3.8, 4) is 11.5 Å². The fourth-order valence-corrected chi connectivity index (χ4v) is 6.83. The third kappa shape index (κ3) is 5.33. The van der Waals surface area contributed by atoms with Gasteiger partial charge in [0.15, 0.2) is 22.3 Å². The number of aromatic hydroxyl groups is 2. The predicted octanol–water partition coefficient (Wildman–Crippen LogP) is 0.518. The maximum absolute atomic E-state index is 13.3. The number of phenols is 2. The van der Waals surface area contributed by atoms with Crippen molar-refractivity contribution in [2.75, 3.05) is 18.0 Å². The summed E-state index contributed by atoms with van der Waals surface area (Å²) in [5.74, 6) is -8.07. The Morgan fingerprint density at radius 2 is 1.89 bits per heavy atom. The Balaban J connectivity index is 1.38. The fourth-order valence-electron chi connectivity index (χ4n) is 4.53. The van der Waals surface area contributed by atoms with E-state index in [-0.39, 0.29) is 32.2 Å². The molecule has 0 spiro atoms. The van der Waals surface area contributed by atoms with E-state index in [1.807, 2.05) is 0 Å². The molecule has 20 heteroatoms. The van der Waals surface area contributed by atoms with Crippen molar-refractivity contribution in [3.63, 3.8) is 0 Å². The van der Waals surface area contributed by atoms with E-state index >= 15 is 0 Å². The van der Waals surface area contributed by atoms with Crippen molar-refractivity contribution in [2.24, 2.45) is 5.16 Å². The number of thioether (sulfide) groups is 1. The molecule has 1 aromatic heterocycles. The number of aromatic nitrogens is 1. The number of anilines is 1. The molecule has 17 nitrogen and oxygen atoms in total. The first-order valence-electron chi connectivity index (χ1n) is 12.6. The molecule has 5 rings (SSSR count). The molecular weight excluding hydrogens is 704 g/mol. The molecule has 1 unspecified atom stereocenters. The van der Waals surface area contributed by atoms with Crippen LogP contribution in [0.2, 0.25) is 0 Å². The predicted molar refractivity (Wildman–Crippen MR) is 158 cm³/mol. The molecule has 1 aromatic carbocycles. The number of fused-ring (bicyclic) bond motifs is 2. The van der Waals surface area contributed by atoms with Crippen molar-refractivity contribution >= 4 is 85.4 Å². The first kappa shape index (κ1) is 31.7. The highest BCUT2D eigenvalue weighted by atomic mass is 79.9. The van der Waals surface area contributed by atoms with Crippen LogP contribution >= 0.6 is 39.0 Å². The van der Waals surface area contributed by atoms with Gasteiger partial charge in [-0.2, -0.15) is 0 Å². The zero-order valence-electron chi connectivity index (χ0n) is 22.9. The standard InChI is InChI=1S/C25H21BrN6O11S2/c1-25(2,23(41)42)43-30-12(10-6-45-24(27)28-10)17(35)29-13-20(38)32-14(22(39)40)7(5-44-21(13)32)4-31-18(36)8-3-9(26)15(33)16(34)11(8)19(31)37/h3,6,13,21,33-34H,4-5H2,1-2H3,(H2,27,28)(H,29,35)(H,39,40)(H,41,42)/t13?,21-/m0/s1. The summed E-state index contributed by atoms with van der Waals surface area (Å²) in [5, 5.41) is 46.2. The Morgan fingerprint density at radius 1 is 1.20 bits per heavy atom. The quantitative estimate of drug-likeness (QED) is 0.0677. The summed E-state index contributed by atoms with van der Waals surface area (Å²) in [6.45, 7) is 1.85. The van der Waals surface area contributed by atoms with Crippen molar-refractivity contribution in [1.29, 1.82) is 0 Å². The van der Waals surface area contributed by atoms with Gasteiger partial charge in [-0.15, -0.1) is 23.1 Å². The smallest absolute Gasteiger partial charge is 0.352 e. The number of carbonyl (C=O) groups is 6. The average Bonchev–Trinajstić information content (AvgIpc) is 3.50. The van der Waals surface area contributed by atoms with Crippen molar-refractivity contribution in [3.05, 3.63) is 44.0 Å². The third-order valence-electron chi connectivity index (χ3n) is 6.91. The van der Waals surface area contributed by atoms with Crippen molar-refractivity contribution in [1.82, 2.24) is 20.1 Å². The number of carboxylic acid groups (broad SMARTS) is 2. The second kappa shape index (κ2) is 11.3. The first-order chi connectivity index (χ1) is 21.0. The number of aliphatic carboxylic acids is 2. The molecule has 0 radical (unpaired) electrons. The van der Waals surface area contributed by atoms with Crippen LogP contribution in [0.1, 0.15) is 40.3 Å². The number of nitrogens with two attached hydrogens (primary N) is 1. The fraction of sp³-hybridized carbons (Fsp3) is 0.280. The molecule has 4 amide bonds. The molecule has 236 valence electrons. The van der Waals surface area contributed by atoms with Gasteiger partial charge in [-0.25, -0.2) is 14.6 Å². The van der Waals surface area contributed by atoms with Gasteiger partial charge in [-0.1, -0.05) is 5.16 Å². The van der Waals surface area contributed by atoms with Crippen LogP contribution in [0.5, 0.6) is 11.5 Å². The van der Waals surface area contributed by atoms with E-state index in [1.165, 1.54) is 19.2 Å². The average molecular weight is 726 g/mol. The van der Waals surface area contributed by atoms with E-state index in [4.69, 9.17) is 10.6 Å². The van der Waals surface area contributed by atoms with E-state index in [0.717, 1.165) is 34.1 Å². The minimum absolute atomic E-state index is 0.0312. The number of thiazole rings is 1. The number of nitrogens with one attached hydrogen (secondary N) is 1. The number of carboxylic acids is 2. The summed E-state index contributed by atoms with van der Waals surface area (Å²) in [6.07, 6.45) is 0. The van der Waals surface area contributed by atoms with Gasteiger partial charge in [0.1, 0.15) is 22.8 Å². The van der Waals surface area contributed by atoms with Gasteiger partial charge < -0.3 is 36.3 Å². The molecule has 1 saturated heterocycles. The van der Waals surface area contributed by atoms with E-state index in [0.29, 0.717) is 4.90 Å². The molecule has 0 saturated carbocycles. The Kier molecular flexibility index (Phi) is 8.00. The van der Waals surface area contributed by atoms with Gasteiger partial charge in [0.05, 0.1) is 22.1 Å². The highest BCUT2D eigenvalue weighted by Crippen LogP contribution is 2.44. The Labute approximate surface area is 268 Å². The van der Waals surface area contributed by atoms with Gasteiger partial charge in [0.2, 0.25) is 5.60 Å². The molecule has 45 heavy (non-hydrogen) atoms. The third-order valence-corrected chi connectivity index (χ3v) is 9.53. The Bertz CT molecular complexity index is 1790. The van der Waals surface area contributed by atoms with E-state index in [1.54, 1.807) is 0 Å². The van der Waals surface area contributed by atoms with Crippen LogP contribution in [-0.4, -0.2) is 106 Å². The molecule has 4 heterocycles. The lowest BCUT2D eigenvalue weighted by Crippen LogP contribution is -2.71. The SMILES string of the molecule is CC(C)(ON=C(C(=O)NC1C(=O)N2C(C(=O)O)=C(CN3C(=O)c4cc(Br)c(O)c(O)c4C3=O)CS[C@@H]12)c1csc(N)n1)C(=O)O. The minimum Gasteiger partial charge on any atom is -0.504 e. The molecule has 7 N–H and O–H groups in total. The van der Waals surface area contributed by atoms with Crippen LogP contribution in [0, 0.1) is 0 Å². The van der Waals surface area contributed by atoms with E-state index < -0.39 is 87.6 Å².